The van der Waals surface area contributed by atoms with Crippen molar-refractivity contribution in [3.05, 3.63) is 24.0 Å². The van der Waals surface area contributed by atoms with Crippen molar-refractivity contribution in [1.29, 1.82) is 0 Å². The Kier molecular flexibility index (Phi) is 3.96. The van der Waals surface area contributed by atoms with Crippen molar-refractivity contribution in [3.63, 3.8) is 0 Å². The average molecular weight is 301 g/mol. The molecule has 0 radical (unpaired) electrons. The van der Waals surface area contributed by atoms with Gasteiger partial charge in [-0.3, -0.25) is 4.79 Å². The molecule has 1 aliphatic rings. The first kappa shape index (κ1) is 14.7. The minimum absolute atomic E-state index is 0.173. The number of nitrogens with two attached hydrogens (primary N) is 2. The van der Waals surface area contributed by atoms with Crippen molar-refractivity contribution in [2.75, 3.05) is 12.3 Å². The number of rotatable bonds is 3. The van der Waals surface area contributed by atoms with Gasteiger partial charge in [-0.25, -0.2) is 12.8 Å². The van der Waals surface area contributed by atoms with Crippen molar-refractivity contribution >= 4 is 21.6 Å². The summed E-state index contributed by atoms with van der Waals surface area (Å²) in [4.78, 5) is 11.1. The predicted octanol–water partition coefficient (Wildman–Crippen LogP) is 0.436. The van der Waals surface area contributed by atoms with E-state index in [0.29, 0.717) is 12.8 Å². The fourth-order valence-electron chi connectivity index (χ4n) is 2.35. The number of amides is 1. The lowest BCUT2D eigenvalue weighted by Gasteiger charge is -2.32. The molecule has 0 aliphatic carbocycles. The second-order valence-electron chi connectivity index (χ2n) is 4.68. The van der Waals surface area contributed by atoms with Crippen molar-refractivity contribution in [3.8, 4) is 0 Å². The van der Waals surface area contributed by atoms with Gasteiger partial charge in [0.2, 0.25) is 15.9 Å². The molecule has 20 heavy (non-hydrogen) atoms. The fraction of sp³-hybridized carbons (Fsp3) is 0.417. The van der Waals surface area contributed by atoms with Gasteiger partial charge >= 0.3 is 0 Å². The van der Waals surface area contributed by atoms with Crippen molar-refractivity contribution in [2.45, 2.75) is 30.2 Å². The number of carbonyl (C=O) groups is 1. The normalized spacial score (nSPS) is 20.8. The van der Waals surface area contributed by atoms with Crippen LogP contribution in [0.1, 0.15) is 19.3 Å². The van der Waals surface area contributed by atoms with E-state index in [-0.39, 0.29) is 11.4 Å². The van der Waals surface area contributed by atoms with Crippen LogP contribution in [0.25, 0.3) is 0 Å². The number of hydrogen-bond acceptors (Lipinski definition) is 4. The Bertz CT molecular complexity index is 633. The summed E-state index contributed by atoms with van der Waals surface area (Å²) in [6.07, 6.45) is 1.71. The quantitative estimate of drug-likeness (QED) is 0.790. The van der Waals surface area contributed by atoms with Crippen LogP contribution in [0.15, 0.2) is 23.1 Å². The van der Waals surface area contributed by atoms with Crippen LogP contribution < -0.4 is 11.5 Å². The van der Waals surface area contributed by atoms with E-state index in [4.69, 9.17) is 11.5 Å². The van der Waals surface area contributed by atoms with Crippen molar-refractivity contribution in [1.82, 2.24) is 4.31 Å². The van der Waals surface area contributed by atoms with Crippen LogP contribution in [-0.4, -0.2) is 31.2 Å². The Labute approximate surface area is 116 Å². The van der Waals surface area contributed by atoms with E-state index >= 15 is 0 Å². The van der Waals surface area contributed by atoms with Gasteiger partial charge in [0.15, 0.2) is 0 Å². The monoisotopic (exact) mass is 301 g/mol. The summed E-state index contributed by atoms with van der Waals surface area (Å²) in [6.45, 7) is 0.173. The SMILES string of the molecule is NC(=O)C1CCCCN1S(=O)(=O)c1cccc(F)c1N. The molecule has 0 aromatic heterocycles. The van der Waals surface area contributed by atoms with E-state index in [0.717, 1.165) is 16.8 Å². The van der Waals surface area contributed by atoms with Gasteiger partial charge in [-0.05, 0) is 25.0 Å². The first-order valence-electron chi connectivity index (χ1n) is 6.21. The second kappa shape index (κ2) is 5.37. The number of piperidine rings is 1. The van der Waals surface area contributed by atoms with Crippen LogP contribution in [0.3, 0.4) is 0 Å². The maximum absolute atomic E-state index is 13.4. The zero-order chi connectivity index (χ0) is 14.9. The van der Waals surface area contributed by atoms with Crippen LogP contribution in [0.2, 0.25) is 0 Å². The molecule has 0 spiro atoms. The number of sulfonamides is 1. The maximum Gasteiger partial charge on any atom is 0.245 e. The Morgan fingerprint density at radius 1 is 1.35 bits per heavy atom. The second-order valence-corrected chi connectivity index (χ2v) is 6.54. The van der Waals surface area contributed by atoms with Crippen molar-refractivity contribution in [2.24, 2.45) is 5.73 Å². The van der Waals surface area contributed by atoms with Gasteiger partial charge in [0.1, 0.15) is 16.8 Å². The molecule has 1 saturated heterocycles. The largest absolute Gasteiger partial charge is 0.395 e. The zero-order valence-electron chi connectivity index (χ0n) is 10.8. The summed E-state index contributed by atoms with van der Waals surface area (Å²) in [7, 11) is -4.04. The van der Waals surface area contributed by atoms with Gasteiger partial charge in [0.05, 0.1) is 5.69 Å². The van der Waals surface area contributed by atoms with Crippen molar-refractivity contribution < 1.29 is 17.6 Å². The molecule has 1 amide bonds. The molecule has 8 heteroatoms. The van der Waals surface area contributed by atoms with Crippen LogP contribution in [0, 0.1) is 5.82 Å². The van der Waals surface area contributed by atoms with Crippen LogP contribution in [-0.2, 0) is 14.8 Å². The highest BCUT2D eigenvalue weighted by Gasteiger charge is 2.37. The molecule has 6 nitrogen and oxygen atoms in total. The molecule has 4 N–H and O–H groups in total. The Balaban J connectivity index is 2.48. The molecule has 1 fully saturated rings. The molecule has 1 heterocycles. The minimum atomic E-state index is -4.04. The van der Waals surface area contributed by atoms with Gasteiger partial charge in [0.25, 0.3) is 0 Å². The molecule has 1 aliphatic heterocycles. The lowest BCUT2D eigenvalue weighted by Crippen LogP contribution is -2.50. The topological polar surface area (TPSA) is 106 Å². The molecule has 110 valence electrons. The standard InChI is InChI=1S/C12H16FN3O3S/c13-8-4-3-6-10(11(8)14)20(18,19)16-7-2-1-5-9(16)12(15)17/h3-4,6,9H,1-2,5,7,14H2,(H2,15,17). The number of halogens is 1. The van der Waals surface area contributed by atoms with Crippen LogP contribution >= 0.6 is 0 Å². The zero-order valence-corrected chi connectivity index (χ0v) is 11.6. The van der Waals surface area contributed by atoms with Gasteiger partial charge in [-0.2, -0.15) is 4.31 Å². The van der Waals surface area contributed by atoms with E-state index in [1.807, 2.05) is 0 Å². The summed E-state index contributed by atoms with van der Waals surface area (Å²) in [5, 5.41) is 0. The Morgan fingerprint density at radius 2 is 2.05 bits per heavy atom. The predicted molar refractivity (Wildman–Crippen MR) is 71.5 cm³/mol. The fourth-order valence-corrected chi connectivity index (χ4v) is 4.14. The number of nitrogen functional groups attached to an aromatic ring is 1. The summed E-state index contributed by atoms with van der Waals surface area (Å²) in [5.41, 5.74) is 10.3. The summed E-state index contributed by atoms with van der Waals surface area (Å²) < 4.78 is 39.5. The van der Waals surface area contributed by atoms with E-state index in [1.54, 1.807) is 0 Å². The number of carbonyl (C=O) groups excluding carboxylic acids is 1. The number of para-hydroxylation sites is 1. The number of primary amides is 1. The van der Waals surface area contributed by atoms with Gasteiger partial charge < -0.3 is 11.5 Å². The third-order valence-electron chi connectivity index (χ3n) is 3.38. The molecule has 1 unspecified atom stereocenters. The Morgan fingerprint density at radius 3 is 2.70 bits per heavy atom. The van der Waals surface area contributed by atoms with E-state index in [2.05, 4.69) is 0 Å². The Hall–Kier alpha value is -1.67. The highest BCUT2D eigenvalue weighted by Crippen LogP contribution is 2.29. The molecular formula is C12H16FN3O3S. The summed E-state index contributed by atoms with van der Waals surface area (Å²) in [5.74, 6) is -1.51. The summed E-state index contributed by atoms with van der Waals surface area (Å²) >= 11 is 0. The van der Waals surface area contributed by atoms with E-state index < -0.39 is 33.5 Å². The lowest BCUT2D eigenvalue weighted by molar-refractivity contribution is -0.122. The molecule has 1 aromatic carbocycles. The van der Waals surface area contributed by atoms with Crippen LogP contribution in [0.5, 0.6) is 0 Å². The average Bonchev–Trinajstić information content (AvgIpc) is 2.41. The minimum Gasteiger partial charge on any atom is -0.395 e. The third-order valence-corrected chi connectivity index (χ3v) is 5.35. The lowest BCUT2D eigenvalue weighted by atomic mass is 10.0. The number of anilines is 1. The summed E-state index contributed by atoms with van der Waals surface area (Å²) in [6, 6.07) is 2.66. The van der Waals surface area contributed by atoms with Gasteiger partial charge in [-0.15, -0.1) is 0 Å². The highest BCUT2D eigenvalue weighted by molar-refractivity contribution is 7.89. The third kappa shape index (κ3) is 2.48. The van der Waals surface area contributed by atoms with E-state index in [9.17, 15) is 17.6 Å². The smallest absolute Gasteiger partial charge is 0.245 e. The highest BCUT2D eigenvalue weighted by atomic mass is 32.2. The first-order chi connectivity index (χ1) is 9.35. The molecule has 1 atom stereocenters. The van der Waals surface area contributed by atoms with Gasteiger partial charge in [-0.1, -0.05) is 12.5 Å². The maximum atomic E-state index is 13.4. The van der Waals surface area contributed by atoms with Gasteiger partial charge in [0, 0.05) is 6.54 Å². The molecule has 1 aromatic rings. The molecular weight excluding hydrogens is 285 g/mol. The molecule has 0 bridgehead atoms. The number of hydrogen-bond donors (Lipinski definition) is 2. The number of nitrogens with zero attached hydrogens (tertiary/aromatic N) is 1. The number of benzene rings is 1. The molecule has 2 rings (SSSR count). The van der Waals surface area contributed by atoms with E-state index in [1.165, 1.54) is 12.1 Å². The van der Waals surface area contributed by atoms with Crippen LogP contribution in [0.4, 0.5) is 10.1 Å². The molecule has 0 saturated carbocycles. The first-order valence-corrected chi connectivity index (χ1v) is 7.65.